The average Bonchev–Trinajstić information content (AvgIpc) is 2.61. The van der Waals surface area contributed by atoms with Crippen LogP contribution >= 0.6 is 0 Å². The molecule has 0 bridgehead atoms. The van der Waals surface area contributed by atoms with Gasteiger partial charge in [-0.25, -0.2) is 13.1 Å². The van der Waals surface area contributed by atoms with Crippen LogP contribution in [0.3, 0.4) is 0 Å². The average molecular weight is 390 g/mol. The Bertz CT molecular complexity index is 860. The molecule has 3 N–H and O–H groups in total. The van der Waals surface area contributed by atoms with Crippen molar-refractivity contribution in [2.75, 3.05) is 10.6 Å². The highest BCUT2D eigenvalue weighted by Crippen LogP contribution is 2.16. The third-order valence-corrected chi connectivity index (χ3v) is 5.64. The van der Waals surface area contributed by atoms with Crippen LogP contribution in [0.15, 0.2) is 53.4 Å². The number of carbonyl (C=O) groups is 1. The van der Waals surface area contributed by atoms with E-state index in [0.717, 1.165) is 12.1 Å². The van der Waals surface area contributed by atoms with E-state index in [1.54, 1.807) is 32.9 Å². The van der Waals surface area contributed by atoms with Crippen LogP contribution in [-0.2, 0) is 21.2 Å². The van der Waals surface area contributed by atoms with Crippen molar-refractivity contribution in [3.63, 3.8) is 0 Å². The van der Waals surface area contributed by atoms with Crippen molar-refractivity contribution in [1.29, 1.82) is 0 Å². The van der Waals surface area contributed by atoms with Gasteiger partial charge in [-0.05, 0) is 69.2 Å². The maximum Gasteiger partial charge on any atom is 0.246 e. The minimum Gasteiger partial charge on any atom is -0.374 e. The van der Waals surface area contributed by atoms with E-state index in [9.17, 15) is 13.2 Å². The number of aryl methyl sites for hydroxylation is 1. The lowest BCUT2D eigenvalue weighted by molar-refractivity contribution is -0.116. The molecule has 2 aromatic rings. The first kappa shape index (κ1) is 20.9. The van der Waals surface area contributed by atoms with Crippen molar-refractivity contribution in [3.05, 3.63) is 54.1 Å². The van der Waals surface area contributed by atoms with Crippen molar-refractivity contribution in [2.45, 2.75) is 51.1 Å². The highest BCUT2D eigenvalue weighted by Gasteiger charge is 2.16. The highest BCUT2D eigenvalue weighted by molar-refractivity contribution is 7.89. The van der Waals surface area contributed by atoms with Gasteiger partial charge in [-0.1, -0.05) is 19.1 Å². The zero-order valence-corrected chi connectivity index (χ0v) is 16.9. The van der Waals surface area contributed by atoms with Gasteiger partial charge in [-0.3, -0.25) is 4.79 Å². The first-order chi connectivity index (χ1) is 12.7. The number of sulfonamides is 1. The third kappa shape index (κ3) is 6.08. The molecule has 146 valence electrons. The molecule has 0 heterocycles. The molecular weight excluding hydrogens is 362 g/mol. The standard InChI is InChI=1S/C20H27N3O3S/c1-5-16-6-8-17(9-7-16)21-15(4)20(24)22-18-10-12-19(13-11-18)27(25,26)23-14(2)3/h6-15,21,23H,5H2,1-4H3,(H,22,24)/t15-/m1/s1. The fourth-order valence-corrected chi connectivity index (χ4v) is 3.75. The largest absolute Gasteiger partial charge is 0.374 e. The summed E-state index contributed by atoms with van der Waals surface area (Å²) in [5.41, 5.74) is 2.65. The molecule has 0 aliphatic rings. The zero-order chi connectivity index (χ0) is 20.0. The zero-order valence-electron chi connectivity index (χ0n) is 16.1. The molecule has 0 spiro atoms. The minimum absolute atomic E-state index is 0.163. The van der Waals surface area contributed by atoms with Crippen LogP contribution in [0.1, 0.15) is 33.3 Å². The summed E-state index contributed by atoms with van der Waals surface area (Å²) in [6, 6.07) is 13.4. The van der Waals surface area contributed by atoms with Gasteiger partial charge < -0.3 is 10.6 Å². The summed E-state index contributed by atoms with van der Waals surface area (Å²) in [5, 5.41) is 5.94. The van der Waals surface area contributed by atoms with Crippen LogP contribution in [-0.4, -0.2) is 26.4 Å². The molecule has 0 aromatic heterocycles. The van der Waals surface area contributed by atoms with Crippen LogP contribution in [0.25, 0.3) is 0 Å². The van der Waals surface area contributed by atoms with Gasteiger partial charge in [-0.15, -0.1) is 0 Å². The smallest absolute Gasteiger partial charge is 0.246 e. The second-order valence-corrected chi connectivity index (χ2v) is 8.42. The van der Waals surface area contributed by atoms with Crippen molar-refractivity contribution in [1.82, 2.24) is 4.72 Å². The van der Waals surface area contributed by atoms with Crippen LogP contribution in [0, 0.1) is 0 Å². The number of nitrogens with one attached hydrogen (secondary N) is 3. The molecule has 1 amide bonds. The minimum atomic E-state index is -3.54. The molecule has 27 heavy (non-hydrogen) atoms. The van der Waals surface area contributed by atoms with E-state index >= 15 is 0 Å². The van der Waals surface area contributed by atoms with E-state index < -0.39 is 16.1 Å². The number of benzene rings is 2. The van der Waals surface area contributed by atoms with Crippen LogP contribution < -0.4 is 15.4 Å². The van der Waals surface area contributed by atoms with Gasteiger partial charge in [-0.2, -0.15) is 0 Å². The second kappa shape index (κ2) is 9.01. The van der Waals surface area contributed by atoms with Crippen molar-refractivity contribution < 1.29 is 13.2 Å². The number of rotatable bonds is 8. The van der Waals surface area contributed by atoms with E-state index in [2.05, 4.69) is 22.3 Å². The summed E-state index contributed by atoms with van der Waals surface area (Å²) < 4.78 is 26.8. The Morgan fingerprint density at radius 2 is 1.48 bits per heavy atom. The Labute approximate surface area is 161 Å². The van der Waals surface area contributed by atoms with E-state index in [-0.39, 0.29) is 16.8 Å². The molecule has 0 saturated carbocycles. The fraction of sp³-hybridized carbons (Fsp3) is 0.350. The molecule has 2 aromatic carbocycles. The van der Waals surface area contributed by atoms with Gasteiger partial charge in [0.1, 0.15) is 6.04 Å². The van der Waals surface area contributed by atoms with E-state index in [1.165, 1.54) is 17.7 Å². The predicted molar refractivity (Wildman–Crippen MR) is 109 cm³/mol. The Morgan fingerprint density at radius 1 is 0.926 bits per heavy atom. The SMILES string of the molecule is CCc1ccc(N[C@H](C)C(=O)Nc2ccc(S(=O)(=O)NC(C)C)cc2)cc1. The first-order valence-electron chi connectivity index (χ1n) is 9.00. The Balaban J connectivity index is 1.98. The van der Waals surface area contributed by atoms with Crippen LogP contribution in [0.5, 0.6) is 0 Å². The quantitative estimate of drug-likeness (QED) is 0.646. The first-order valence-corrected chi connectivity index (χ1v) is 10.5. The molecular formula is C20H27N3O3S. The molecule has 1 atom stereocenters. The van der Waals surface area contributed by atoms with Gasteiger partial charge in [0, 0.05) is 17.4 Å². The summed E-state index contributed by atoms with van der Waals surface area (Å²) in [7, 11) is -3.54. The summed E-state index contributed by atoms with van der Waals surface area (Å²) in [4.78, 5) is 12.5. The van der Waals surface area contributed by atoms with Gasteiger partial charge in [0.15, 0.2) is 0 Å². The topological polar surface area (TPSA) is 87.3 Å². The van der Waals surface area contributed by atoms with Gasteiger partial charge in [0.05, 0.1) is 4.90 Å². The highest BCUT2D eigenvalue weighted by atomic mass is 32.2. The summed E-state index contributed by atoms with van der Waals surface area (Å²) >= 11 is 0. The molecule has 6 nitrogen and oxygen atoms in total. The third-order valence-electron chi connectivity index (χ3n) is 3.96. The maximum atomic E-state index is 12.4. The molecule has 0 saturated heterocycles. The number of anilines is 2. The van der Waals surface area contributed by atoms with Gasteiger partial charge in [0.25, 0.3) is 0 Å². The summed E-state index contributed by atoms with van der Waals surface area (Å²) in [5.74, 6) is -0.203. The monoisotopic (exact) mass is 389 g/mol. The summed E-state index contributed by atoms with van der Waals surface area (Å²) in [6.45, 7) is 7.38. The molecule has 0 aliphatic carbocycles. The van der Waals surface area contributed by atoms with Crippen molar-refractivity contribution >= 4 is 27.3 Å². The van der Waals surface area contributed by atoms with E-state index in [1.807, 2.05) is 24.3 Å². The van der Waals surface area contributed by atoms with Crippen molar-refractivity contribution in [3.8, 4) is 0 Å². The molecule has 0 radical (unpaired) electrons. The van der Waals surface area contributed by atoms with Crippen LogP contribution in [0.2, 0.25) is 0 Å². The molecule has 0 aliphatic heterocycles. The van der Waals surface area contributed by atoms with Gasteiger partial charge >= 0.3 is 0 Å². The number of carbonyl (C=O) groups excluding carboxylic acids is 1. The lowest BCUT2D eigenvalue weighted by Crippen LogP contribution is -2.32. The lowest BCUT2D eigenvalue weighted by atomic mass is 10.1. The second-order valence-electron chi connectivity index (χ2n) is 6.71. The predicted octanol–water partition coefficient (Wildman–Crippen LogP) is 3.37. The number of amides is 1. The normalized spacial score (nSPS) is 12.6. The van der Waals surface area contributed by atoms with E-state index in [4.69, 9.17) is 0 Å². The number of hydrogen-bond acceptors (Lipinski definition) is 4. The molecule has 0 unspecified atom stereocenters. The Kier molecular flexibility index (Phi) is 6.98. The van der Waals surface area contributed by atoms with Gasteiger partial charge in [0.2, 0.25) is 15.9 Å². The lowest BCUT2D eigenvalue weighted by Gasteiger charge is -2.16. The molecule has 2 rings (SSSR count). The maximum absolute atomic E-state index is 12.4. The molecule has 0 fully saturated rings. The van der Waals surface area contributed by atoms with Crippen LogP contribution in [0.4, 0.5) is 11.4 Å². The Morgan fingerprint density at radius 3 is 2.00 bits per heavy atom. The number of hydrogen-bond donors (Lipinski definition) is 3. The Hall–Kier alpha value is -2.38. The summed E-state index contributed by atoms with van der Waals surface area (Å²) in [6.07, 6.45) is 0.967. The fourth-order valence-electron chi connectivity index (χ4n) is 2.50. The van der Waals surface area contributed by atoms with Crippen molar-refractivity contribution in [2.24, 2.45) is 0 Å². The van der Waals surface area contributed by atoms with E-state index in [0.29, 0.717) is 5.69 Å². The molecule has 7 heteroatoms.